The normalized spacial score (nSPS) is 19.4. The highest BCUT2D eigenvalue weighted by atomic mass is 19.3. The van der Waals surface area contributed by atoms with Gasteiger partial charge in [-0.1, -0.05) is 11.2 Å². The second-order valence-corrected chi connectivity index (χ2v) is 7.64. The smallest absolute Gasteiger partial charge is 0.288 e. The van der Waals surface area contributed by atoms with E-state index in [1.165, 1.54) is 0 Å². The van der Waals surface area contributed by atoms with Gasteiger partial charge in [0.15, 0.2) is 0 Å². The van der Waals surface area contributed by atoms with Crippen LogP contribution in [-0.2, 0) is 16.1 Å². The molecule has 5 rings (SSSR count). The zero-order chi connectivity index (χ0) is 21.5. The Kier molecular flexibility index (Phi) is 5.05. The maximum absolute atomic E-state index is 14.6. The topological polar surface area (TPSA) is 94.2 Å². The van der Waals surface area contributed by atoms with Crippen molar-refractivity contribution in [1.29, 1.82) is 0 Å². The molecule has 2 unspecified atom stereocenters. The average molecular weight is 435 g/mol. The highest BCUT2D eigenvalue weighted by molar-refractivity contribution is 5.96. The standard InChI is InChI=1S/C20H20F3N5O3/c21-17(22)18(23)28-13-3-1-2-12(25-15-6-7-30-15)11(13)8-14(28)19-26-16(31-27-19)9-24-20(29)10-4-5-10/h1-3,8,10,15,17-18,25H,4-7,9H2,(H,24,29). The lowest BCUT2D eigenvalue weighted by molar-refractivity contribution is -0.122. The Balaban J connectivity index is 1.50. The van der Waals surface area contributed by atoms with E-state index in [2.05, 4.69) is 20.8 Å². The van der Waals surface area contributed by atoms with Crippen molar-refractivity contribution in [3.63, 3.8) is 0 Å². The molecule has 1 aromatic carbocycles. The van der Waals surface area contributed by atoms with Gasteiger partial charge in [0, 0.05) is 23.4 Å². The van der Waals surface area contributed by atoms with Crippen molar-refractivity contribution in [3.8, 4) is 11.5 Å². The van der Waals surface area contributed by atoms with Crippen LogP contribution < -0.4 is 10.6 Å². The number of alkyl halides is 3. The summed E-state index contributed by atoms with van der Waals surface area (Å²) in [6.45, 7) is 0.656. The van der Waals surface area contributed by atoms with Crippen LogP contribution in [0.4, 0.5) is 18.9 Å². The summed E-state index contributed by atoms with van der Waals surface area (Å²) in [6, 6.07) is 6.51. The summed E-state index contributed by atoms with van der Waals surface area (Å²) in [5.74, 6) is -0.00589. The van der Waals surface area contributed by atoms with Gasteiger partial charge in [0.1, 0.15) is 6.23 Å². The van der Waals surface area contributed by atoms with Gasteiger partial charge >= 0.3 is 0 Å². The Hall–Kier alpha value is -3.08. The van der Waals surface area contributed by atoms with E-state index in [-0.39, 0.29) is 47.5 Å². The molecule has 3 aromatic rings. The van der Waals surface area contributed by atoms with Crippen LogP contribution in [0, 0.1) is 5.92 Å². The fraction of sp³-hybridized carbons (Fsp3) is 0.450. The van der Waals surface area contributed by atoms with Gasteiger partial charge in [-0.15, -0.1) is 0 Å². The van der Waals surface area contributed by atoms with Crippen LogP contribution >= 0.6 is 0 Å². The van der Waals surface area contributed by atoms with Crippen LogP contribution in [-0.4, -0.2) is 39.9 Å². The highest BCUT2D eigenvalue weighted by Gasteiger charge is 2.31. The first-order valence-electron chi connectivity index (χ1n) is 10.1. The molecule has 0 bridgehead atoms. The molecule has 2 aromatic heterocycles. The van der Waals surface area contributed by atoms with Crippen molar-refractivity contribution in [2.24, 2.45) is 5.92 Å². The summed E-state index contributed by atoms with van der Waals surface area (Å²) in [6.07, 6.45) is -3.50. The molecule has 11 heteroatoms. The summed E-state index contributed by atoms with van der Waals surface area (Å²) in [5.41, 5.74) is 0.944. The number of nitrogens with zero attached hydrogens (tertiary/aromatic N) is 3. The minimum Gasteiger partial charge on any atom is -0.360 e. The Morgan fingerprint density at radius 3 is 2.74 bits per heavy atom. The SMILES string of the molecule is O=C(NCc1nc(-c2cc3c(NC4CCO4)cccc3n2C(F)C(F)F)no1)C1CC1. The van der Waals surface area contributed by atoms with Crippen molar-refractivity contribution in [1.82, 2.24) is 20.0 Å². The van der Waals surface area contributed by atoms with E-state index in [0.29, 0.717) is 17.7 Å². The zero-order valence-corrected chi connectivity index (χ0v) is 16.4. The third kappa shape index (κ3) is 3.85. The molecule has 1 amide bonds. The molecule has 1 aliphatic carbocycles. The number of carbonyl (C=O) groups is 1. The molecule has 1 aliphatic heterocycles. The van der Waals surface area contributed by atoms with E-state index in [1.807, 2.05) is 0 Å². The molecule has 3 heterocycles. The Morgan fingerprint density at radius 1 is 1.26 bits per heavy atom. The number of amides is 1. The fourth-order valence-corrected chi connectivity index (χ4v) is 3.53. The third-order valence-electron chi connectivity index (χ3n) is 5.41. The number of anilines is 1. The number of carbonyl (C=O) groups excluding carboxylic acids is 1. The number of rotatable bonds is 8. The van der Waals surface area contributed by atoms with Gasteiger partial charge in [0.25, 0.3) is 6.43 Å². The number of nitrogens with one attached hydrogen (secondary N) is 2. The van der Waals surface area contributed by atoms with Crippen molar-refractivity contribution in [2.75, 3.05) is 11.9 Å². The Bertz CT molecular complexity index is 1110. The van der Waals surface area contributed by atoms with Gasteiger partial charge in [0.2, 0.25) is 23.9 Å². The minimum absolute atomic E-state index is 0.0162. The number of hydrogen-bond acceptors (Lipinski definition) is 6. The van der Waals surface area contributed by atoms with E-state index in [1.54, 1.807) is 24.3 Å². The summed E-state index contributed by atoms with van der Waals surface area (Å²) < 4.78 is 52.7. The van der Waals surface area contributed by atoms with Crippen LogP contribution in [0.3, 0.4) is 0 Å². The number of ether oxygens (including phenoxy) is 1. The molecular weight excluding hydrogens is 415 g/mol. The van der Waals surface area contributed by atoms with Gasteiger partial charge in [-0.25, -0.2) is 13.2 Å². The molecule has 1 saturated heterocycles. The van der Waals surface area contributed by atoms with Crippen molar-refractivity contribution >= 4 is 22.5 Å². The molecule has 2 atom stereocenters. The number of hydrogen-bond donors (Lipinski definition) is 2. The third-order valence-corrected chi connectivity index (χ3v) is 5.41. The number of halogens is 3. The monoisotopic (exact) mass is 435 g/mol. The van der Waals surface area contributed by atoms with Crippen LogP contribution in [0.25, 0.3) is 22.4 Å². The first kappa shape index (κ1) is 19.9. The van der Waals surface area contributed by atoms with Gasteiger partial charge < -0.3 is 24.5 Å². The number of benzene rings is 1. The van der Waals surface area contributed by atoms with Gasteiger partial charge in [-0.2, -0.15) is 4.98 Å². The van der Waals surface area contributed by atoms with Crippen molar-refractivity contribution < 1.29 is 27.2 Å². The first-order chi connectivity index (χ1) is 15.0. The lowest BCUT2D eigenvalue weighted by Gasteiger charge is -2.28. The van der Waals surface area contributed by atoms with Crippen LogP contribution in [0.5, 0.6) is 0 Å². The molecule has 164 valence electrons. The molecule has 2 aliphatic rings. The van der Waals surface area contributed by atoms with Crippen molar-refractivity contribution in [3.05, 3.63) is 30.2 Å². The maximum Gasteiger partial charge on any atom is 0.288 e. The zero-order valence-electron chi connectivity index (χ0n) is 16.4. The van der Waals surface area contributed by atoms with Gasteiger partial charge in [0.05, 0.1) is 24.4 Å². The maximum atomic E-state index is 14.6. The summed E-state index contributed by atoms with van der Waals surface area (Å²) in [5, 5.41) is 10.2. The quantitative estimate of drug-likeness (QED) is 0.562. The van der Waals surface area contributed by atoms with Crippen LogP contribution in [0.1, 0.15) is 31.4 Å². The highest BCUT2D eigenvalue weighted by Crippen LogP contribution is 2.37. The lowest BCUT2D eigenvalue weighted by Crippen LogP contribution is -2.34. The van der Waals surface area contributed by atoms with E-state index in [4.69, 9.17) is 9.26 Å². The second kappa shape index (κ2) is 7.88. The number of fused-ring (bicyclic) bond motifs is 1. The number of aromatic nitrogens is 3. The summed E-state index contributed by atoms with van der Waals surface area (Å²) >= 11 is 0. The van der Waals surface area contributed by atoms with Crippen LogP contribution in [0.2, 0.25) is 0 Å². The first-order valence-corrected chi connectivity index (χ1v) is 10.1. The average Bonchev–Trinajstić information content (AvgIpc) is 3.35. The molecule has 0 radical (unpaired) electrons. The molecule has 31 heavy (non-hydrogen) atoms. The molecular formula is C20H20F3N5O3. The minimum atomic E-state index is -3.25. The predicted octanol–water partition coefficient (Wildman–Crippen LogP) is 3.61. The van der Waals surface area contributed by atoms with E-state index >= 15 is 0 Å². The van der Waals surface area contributed by atoms with Gasteiger partial charge in [-0.05, 0) is 31.0 Å². The molecule has 8 nitrogen and oxygen atoms in total. The van der Waals surface area contributed by atoms with E-state index in [9.17, 15) is 18.0 Å². The Labute approximate surface area is 174 Å². The summed E-state index contributed by atoms with van der Waals surface area (Å²) in [7, 11) is 0. The molecule has 1 saturated carbocycles. The second-order valence-electron chi connectivity index (χ2n) is 7.64. The van der Waals surface area contributed by atoms with Gasteiger partial charge in [-0.3, -0.25) is 4.79 Å². The predicted molar refractivity (Wildman–Crippen MR) is 104 cm³/mol. The molecule has 0 spiro atoms. The van der Waals surface area contributed by atoms with E-state index in [0.717, 1.165) is 23.8 Å². The Morgan fingerprint density at radius 2 is 2.06 bits per heavy atom. The molecule has 2 N–H and O–H groups in total. The largest absolute Gasteiger partial charge is 0.360 e. The summed E-state index contributed by atoms with van der Waals surface area (Å²) in [4.78, 5) is 16.0. The lowest BCUT2D eigenvalue weighted by atomic mass is 10.2. The fourth-order valence-electron chi connectivity index (χ4n) is 3.53. The molecule has 2 fully saturated rings. The van der Waals surface area contributed by atoms with Crippen molar-refractivity contribution in [2.45, 2.75) is 44.8 Å². The van der Waals surface area contributed by atoms with E-state index < -0.39 is 12.7 Å². The van der Waals surface area contributed by atoms with Crippen LogP contribution in [0.15, 0.2) is 28.8 Å².